The molecule has 0 radical (unpaired) electrons. The van der Waals surface area contributed by atoms with Gasteiger partial charge in [0, 0.05) is 5.92 Å². The van der Waals surface area contributed by atoms with Crippen molar-refractivity contribution in [1.82, 2.24) is 0 Å². The molecule has 3 aromatic rings. The Labute approximate surface area is 329 Å². The second kappa shape index (κ2) is 13.0. The highest BCUT2D eigenvalue weighted by atomic mass is 79.9. The van der Waals surface area contributed by atoms with E-state index < -0.39 is 144 Å². The molecule has 7 rings (SSSR count). The molecule has 2 aliphatic heterocycles. The number of carbonyl (C=O) groups excluding carboxylic acids is 4. The van der Waals surface area contributed by atoms with Crippen molar-refractivity contribution in [3.63, 3.8) is 0 Å². The minimum absolute atomic E-state index is 0.106. The average Bonchev–Trinajstić information content (AvgIpc) is 3.48. The number of nitrogens with zero attached hydrogens (tertiary/aromatic N) is 2. The first-order valence-corrected chi connectivity index (χ1v) is 17.6. The van der Waals surface area contributed by atoms with Gasteiger partial charge >= 0.3 is 12.4 Å². The van der Waals surface area contributed by atoms with Crippen molar-refractivity contribution in [3.05, 3.63) is 92.2 Å². The summed E-state index contributed by atoms with van der Waals surface area (Å²) in [5, 5.41) is 10.6. The summed E-state index contributed by atoms with van der Waals surface area (Å²) >= 11 is 17.1. The van der Waals surface area contributed by atoms with Gasteiger partial charge in [0.1, 0.15) is 5.69 Å². The number of anilines is 2. The fourth-order valence-electron chi connectivity index (χ4n) is 8.18. The summed E-state index contributed by atoms with van der Waals surface area (Å²) in [6.07, 6.45) is -11.0. The Balaban J connectivity index is 1.44. The van der Waals surface area contributed by atoms with Gasteiger partial charge in [0.05, 0.1) is 40.2 Å². The molecule has 2 saturated heterocycles. The van der Waals surface area contributed by atoms with Crippen LogP contribution in [-0.2, 0) is 31.5 Å². The van der Waals surface area contributed by atoms with Crippen molar-refractivity contribution in [2.24, 2.45) is 17.8 Å². The number of phenolic OH excluding ortho intramolecular Hbond substituents is 1. The highest BCUT2D eigenvalue weighted by Gasteiger charge is 2.77. The molecule has 6 atom stereocenters. The third-order valence-corrected chi connectivity index (χ3v) is 12.7. The monoisotopic (exact) mass is 920 g/mol. The summed E-state index contributed by atoms with van der Waals surface area (Å²) in [7, 11) is 1.09. The van der Waals surface area contributed by atoms with E-state index in [4.69, 9.17) is 27.9 Å². The Hall–Kier alpha value is -4.43. The minimum atomic E-state index is -5.38. The van der Waals surface area contributed by atoms with Crippen LogP contribution in [0.3, 0.4) is 0 Å². The van der Waals surface area contributed by atoms with Crippen LogP contribution in [0.4, 0.5) is 59.7 Å². The lowest BCUT2D eigenvalue weighted by molar-refractivity contribution is -0.143. The van der Waals surface area contributed by atoms with E-state index in [2.05, 4.69) is 15.9 Å². The minimum Gasteiger partial charge on any atom is -0.503 e. The van der Waals surface area contributed by atoms with Crippen LogP contribution in [0.1, 0.15) is 35.4 Å². The zero-order valence-electron chi connectivity index (χ0n) is 27.9. The lowest BCUT2D eigenvalue weighted by atomic mass is 9.56. The molecule has 3 aromatic carbocycles. The molecular weight excluding hydrogens is 904 g/mol. The van der Waals surface area contributed by atoms with Gasteiger partial charge in [-0.1, -0.05) is 11.6 Å². The second-order valence-electron chi connectivity index (χ2n) is 13.5. The van der Waals surface area contributed by atoms with Crippen molar-refractivity contribution >= 4 is 74.1 Å². The Morgan fingerprint density at radius 2 is 1.32 bits per heavy atom. The maximum Gasteiger partial charge on any atom is 0.416 e. The van der Waals surface area contributed by atoms with Crippen LogP contribution in [-0.4, -0.2) is 45.6 Å². The summed E-state index contributed by atoms with van der Waals surface area (Å²) in [5.41, 5.74) is -7.18. The van der Waals surface area contributed by atoms with Crippen LogP contribution in [0.25, 0.3) is 0 Å². The van der Waals surface area contributed by atoms with E-state index in [1.165, 1.54) is 6.08 Å². The summed E-state index contributed by atoms with van der Waals surface area (Å²) in [6.45, 7) is 0. The highest BCUT2D eigenvalue weighted by molar-refractivity contribution is 9.10. The standard InChI is InChI=1S/C35H18BrCl2F11N2O6/c1-57-18-5-10(4-17(36)27(18)52)20-14-2-3-15-19(29(54)50(28(15)53)13-7-11(34(44,45)46)6-12(8-13)35(47,48)49)16(14)9-32(37)30(55)51(31(56)33(20,32)38)26-24(42)22(40)21(39)23(41)25(26)43/h2,4-8,15-16,19-20,52H,3,9H2,1H3. The van der Waals surface area contributed by atoms with E-state index >= 15 is 8.78 Å². The Morgan fingerprint density at radius 1 is 0.772 bits per heavy atom. The Bertz CT molecular complexity index is 2330. The van der Waals surface area contributed by atoms with Gasteiger partial charge in [-0.05, 0) is 70.6 Å². The van der Waals surface area contributed by atoms with E-state index in [-0.39, 0.29) is 44.5 Å². The van der Waals surface area contributed by atoms with Gasteiger partial charge in [0.15, 0.2) is 44.5 Å². The number of alkyl halides is 8. The van der Waals surface area contributed by atoms with Crippen molar-refractivity contribution < 1.29 is 77.3 Å². The van der Waals surface area contributed by atoms with Gasteiger partial charge in [0.25, 0.3) is 11.8 Å². The molecule has 57 heavy (non-hydrogen) atoms. The number of imide groups is 2. The molecular formula is C35H18BrCl2F11N2O6. The van der Waals surface area contributed by atoms with E-state index in [1.54, 1.807) is 0 Å². The topological polar surface area (TPSA) is 104 Å². The SMILES string of the molecule is COc1cc(C2C3=CCC4C(=O)N(c5cc(C(F)(F)F)cc(C(F)(F)F)c5)C(=O)C4C3CC3(Cl)C(=O)N(c4c(F)c(F)c(F)c(F)c4F)C(=O)C23Cl)cc(Br)c1O. The first kappa shape index (κ1) is 40.8. The summed E-state index contributed by atoms with van der Waals surface area (Å²) in [5.74, 6) is -26.9. The molecule has 6 unspecified atom stereocenters. The number of hydrogen-bond acceptors (Lipinski definition) is 6. The number of benzene rings is 3. The Morgan fingerprint density at radius 3 is 1.84 bits per heavy atom. The molecule has 1 N–H and O–H groups in total. The molecule has 0 spiro atoms. The smallest absolute Gasteiger partial charge is 0.416 e. The number of amides is 4. The molecule has 2 heterocycles. The van der Waals surface area contributed by atoms with Crippen LogP contribution in [0.2, 0.25) is 0 Å². The fourth-order valence-corrected chi connectivity index (χ4v) is 9.57. The number of methoxy groups -OCH3 is 1. The third kappa shape index (κ3) is 5.59. The fraction of sp³-hybridized carbons (Fsp3) is 0.314. The zero-order valence-corrected chi connectivity index (χ0v) is 31.0. The first-order valence-electron chi connectivity index (χ1n) is 16.0. The number of phenols is 1. The Kier molecular flexibility index (Phi) is 9.32. The molecule has 1 saturated carbocycles. The van der Waals surface area contributed by atoms with Crippen molar-refractivity contribution in [1.29, 1.82) is 0 Å². The number of rotatable bonds is 4. The van der Waals surface area contributed by atoms with Gasteiger partial charge < -0.3 is 9.84 Å². The average molecular weight is 922 g/mol. The van der Waals surface area contributed by atoms with E-state index in [0.29, 0.717) is 0 Å². The number of carbonyl (C=O) groups is 4. The zero-order chi connectivity index (χ0) is 42.2. The molecule has 2 aliphatic carbocycles. The third-order valence-electron chi connectivity index (χ3n) is 10.7. The second-order valence-corrected chi connectivity index (χ2v) is 15.6. The molecule has 3 fully saturated rings. The van der Waals surface area contributed by atoms with Gasteiger partial charge in [-0.2, -0.15) is 26.3 Å². The van der Waals surface area contributed by atoms with Gasteiger partial charge in [-0.25, -0.2) is 31.8 Å². The van der Waals surface area contributed by atoms with Crippen molar-refractivity contribution in [2.45, 2.75) is 40.9 Å². The lowest BCUT2D eigenvalue weighted by Gasteiger charge is -2.50. The van der Waals surface area contributed by atoms with Gasteiger partial charge in [-0.3, -0.25) is 19.2 Å². The number of hydrogen-bond donors (Lipinski definition) is 1. The van der Waals surface area contributed by atoms with Crippen molar-refractivity contribution in [3.8, 4) is 11.5 Å². The largest absolute Gasteiger partial charge is 0.503 e. The van der Waals surface area contributed by atoms with Gasteiger partial charge in [0.2, 0.25) is 17.6 Å². The molecule has 0 aromatic heterocycles. The first-order chi connectivity index (χ1) is 26.3. The predicted molar refractivity (Wildman–Crippen MR) is 178 cm³/mol. The van der Waals surface area contributed by atoms with Crippen LogP contribution in [0.15, 0.2) is 46.5 Å². The lowest BCUT2D eigenvalue weighted by Crippen LogP contribution is -2.60. The van der Waals surface area contributed by atoms with Gasteiger partial charge in [-0.15, -0.1) is 23.2 Å². The predicted octanol–water partition coefficient (Wildman–Crippen LogP) is 8.66. The summed E-state index contributed by atoms with van der Waals surface area (Å²) in [4.78, 5) is 50.6. The summed E-state index contributed by atoms with van der Waals surface area (Å²) in [6, 6.07) is 2.25. The maximum atomic E-state index is 15.3. The quantitative estimate of drug-likeness (QED) is 0.0702. The maximum absolute atomic E-state index is 15.3. The number of fused-ring (bicyclic) bond motifs is 4. The van der Waals surface area contributed by atoms with Crippen LogP contribution in [0, 0.1) is 46.8 Å². The van der Waals surface area contributed by atoms with Crippen LogP contribution in [0.5, 0.6) is 11.5 Å². The van der Waals surface area contributed by atoms with E-state index in [1.807, 2.05) is 0 Å². The number of aromatic hydroxyl groups is 1. The highest BCUT2D eigenvalue weighted by Crippen LogP contribution is 2.66. The van der Waals surface area contributed by atoms with Crippen molar-refractivity contribution in [2.75, 3.05) is 16.9 Å². The molecule has 302 valence electrons. The van der Waals surface area contributed by atoms with E-state index in [9.17, 15) is 63.8 Å². The number of halogens is 14. The molecule has 22 heteroatoms. The van der Waals surface area contributed by atoms with Crippen LogP contribution < -0.4 is 14.5 Å². The number of ether oxygens (including phenoxy) is 1. The molecule has 0 bridgehead atoms. The van der Waals surface area contributed by atoms with Crippen LogP contribution >= 0.6 is 39.1 Å². The number of allylic oxidation sites excluding steroid dienone is 2. The molecule has 8 nitrogen and oxygen atoms in total. The molecule has 4 amide bonds. The van der Waals surface area contributed by atoms with E-state index in [0.717, 1.165) is 19.2 Å². The molecule has 4 aliphatic rings. The normalized spacial score (nSPS) is 27.5. The summed E-state index contributed by atoms with van der Waals surface area (Å²) < 4.78 is 161.